The van der Waals surface area contributed by atoms with Gasteiger partial charge in [-0.3, -0.25) is 4.79 Å². The predicted molar refractivity (Wildman–Crippen MR) is 89.9 cm³/mol. The molecule has 126 valence electrons. The number of carbonyl (C=O) groups is 1. The lowest BCUT2D eigenvalue weighted by Crippen LogP contribution is -2.31. The van der Waals surface area contributed by atoms with Crippen molar-refractivity contribution >= 4 is 5.91 Å². The third kappa shape index (κ3) is 9.13. The summed E-state index contributed by atoms with van der Waals surface area (Å²) in [7, 11) is 0. The first kappa shape index (κ1) is 20.4. The Morgan fingerprint density at radius 3 is 2.29 bits per heavy atom. The second kappa shape index (κ2) is 11.1. The average Bonchev–Trinajstić information content (AvgIpc) is 2.38. The normalized spacial score (nSPS) is 26.9. The fourth-order valence-electron chi connectivity index (χ4n) is 2.99. The monoisotopic (exact) mass is 299 g/mol. The third-order valence-corrected chi connectivity index (χ3v) is 4.71. The first-order chi connectivity index (χ1) is 9.79. The fraction of sp³-hybridized carbons (Fsp3) is 0.944. The van der Waals surface area contributed by atoms with Crippen LogP contribution in [0.5, 0.6) is 0 Å². The lowest BCUT2D eigenvalue weighted by molar-refractivity contribution is -0.121. The summed E-state index contributed by atoms with van der Waals surface area (Å²) < 4.78 is 0. The Balaban J connectivity index is 0.000000384. The van der Waals surface area contributed by atoms with Crippen molar-refractivity contribution in [1.82, 2.24) is 0 Å². The van der Waals surface area contributed by atoms with E-state index in [0.717, 1.165) is 25.2 Å². The molecule has 1 fully saturated rings. The third-order valence-electron chi connectivity index (χ3n) is 4.71. The van der Waals surface area contributed by atoms with Crippen molar-refractivity contribution in [2.45, 2.75) is 85.7 Å². The van der Waals surface area contributed by atoms with Gasteiger partial charge in [0.15, 0.2) is 0 Å². The summed E-state index contributed by atoms with van der Waals surface area (Å²) in [6.45, 7) is 10.7. The Labute approximate surface area is 131 Å². The summed E-state index contributed by atoms with van der Waals surface area (Å²) in [5, 5.41) is 9.71. The highest BCUT2D eigenvalue weighted by Gasteiger charge is 2.28. The number of primary amides is 1. The van der Waals surface area contributed by atoms with Crippen LogP contribution in [0.15, 0.2) is 0 Å². The van der Waals surface area contributed by atoms with Crippen LogP contribution in [0, 0.1) is 23.7 Å². The van der Waals surface area contributed by atoms with Gasteiger partial charge in [0.05, 0.1) is 6.10 Å². The Morgan fingerprint density at radius 1 is 1.24 bits per heavy atom. The van der Waals surface area contributed by atoms with Gasteiger partial charge in [0, 0.05) is 5.92 Å². The molecule has 0 bridgehead atoms. The van der Waals surface area contributed by atoms with Crippen molar-refractivity contribution in [3.8, 4) is 0 Å². The van der Waals surface area contributed by atoms with Crippen molar-refractivity contribution in [3.05, 3.63) is 0 Å². The predicted octanol–water partition coefficient (Wildman–Crippen LogP) is 4.13. The summed E-state index contributed by atoms with van der Waals surface area (Å²) in [6.07, 6.45) is 7.99. The van der Waals surface area contributed by atoms with Crippen LogP contribution in [0.25, 0.3) is 0 Å². The Bertz CT molecular complexity index is 278. The fourth-order valence-corrected chi connectivity index (χ4v) is 2.99. The second-order valence-electron chi connectivity index (χ2n) is 7.19. The SMILES string of the molecule is CC1CCC(C(C)C)C(O)C1.CCCCCC(C)C(N)=O. The van der Waals surface area contributed by atoms with E-state index in [2.05, 4.69) is 27.7 Å². The number of unbranched alkanes of at least 4 members (excludes halogenated alkanes) is 2. The molecule has 0 saturated heterocycles. The molecule has 1 saturated carbocycles. The van der Waals surface area contributed by atoms with E-state index >= 15 is 0 Å². The Hall–Kier alpha value is -0.570. The molecule has 0 heterocycles. The number of hydrogen-bond acceptors (Lipinski definition) is 2. The minimum Gasteiger partial charge on any atom is -0.393 e. The molecule has 0 aromatic heterocycles. The van der Waals surface area contributed by atoms with E-state index in [4.69, 9.17) is 5.73 Å². The summed E-state index contributed by atoms with van der Waals surface area (Å²) in [6, 6.07) is 0. The highest BCUT2D eigenvalue weighted by Crippen LogP contribution is 2.33. The van der Waals surface area contributed by atoms with Crippen LogP contribution in [0.4, 0.5) is 0 Å². The zero-order chi connectivity index (χ0) is 16.4. The Kier molecular flexibility index (Phi) is 10.8. The van der Waals surface area contributed by atoms with Crippen molar-refractivity contribution in [2.75, 3.05) is 0 Å². The van der Waals surface area contributed by atoms with Gasteiger partial charge in [-0.15, -0.1) is 0 Å². The highest BCUT2D eigenvalue weighted by molar-refractivity contribution is 5.76. The van der Waals surface area contributed by atoms with Gasteiger partial charge in [0.25, 0.3) is 0 Å². The number of rotatable bonds is 6. The summed E-state index contributed by atoms with van der Waals surface area (Å²) in [5.74, 6) is 1.84. The average molecular weight is 299 g/mol. The van der Waals surface area contributed by atoms with E-state index in [1.807, 2.05) is 6.92 Å². The maximum atomic E-state index is 10.5. The summed E-state index contributed by atoms with van der Waals surface area (Å²) in [4.78, 5) is 10.5. The topological polar surface area (TPSA) is 63.3 Å². The van der Waals surface area contributed by atoms with Gasteiger partial charge in [-0.25, -0.2) is 0 Å². The molecule has 1 aliphatic rings. The number of nitrogens with two attached hydrogens (primary N) is 1. The number of aliphatic hydroxyl groups excluding tert-OH is 1. The summed E-state index contributed by atoms with van der Waals surface area (Å²) in [5.41, 5.74) is 5.08. The van der Waals surface area contributed by atoms with Crippen molar-refractivity contribution in [1.29, 1.82) is 0 Å². The molecule has 0 aromatic carbocycles. The first-order valence-electron chi connectivity index (χ1n) is 8.76. The van der Waals surface area contributed by atoms with Crippen molar-refractivity contribution in [2.24, 2.45) is 29.4 Å². The van der Waals surface area contributed by atoms with Gasteiger partial charge in [0.1, 0.15) is 0 Å². The lowest BCUT2D eigenvalue weighted by atomic mass is 9.75. The minimum atomic E-state index is -0.170. The van der Waals surface area contributed by atoms with Gasteiger partial charge < -0.3 is 10.8 Å². The van der Waals surface area contributed by atoms with E-state index < -0.39 is 0 Å². The van der Waals surface area contributed by atoms with Crippen LogP contribution in [-0.4, -0.2) is 17.1 Å². The maximum absolute atomic E-state index is 10.5. The molecule has 0 aromatic rings. The molecule has 1 amide bonds. The van der Waals surface area contributed by atoms with Crippen LogP contribution >= 0.6 is 0 Å². The maximum Gasteiger partial charge on any atom is 0.220 e. The van der Waals surface area contributed by atoms with Crippen molar-refractivity contribution in [3.63, 3.8) is 0 Å². The number of hydrogen-bond donors (Lipinski definition) is 2. The molecule has 1 aliphatic carbocycles. The standard InChI is InChI=1S/C10H20O.C8H17NO/c1-7(2)9-5-4-8(3)6-10(9)11;1-3-4-5-6-7(2)8(9)10/h7-11H,4-6H2,1-3H3;7H,3-6H2,1-2H3,(H2,9,10). The number of aliphatic hydroxyl groups is 1. The molecule has 21 heavy (non-hydrogen) atoms. The molecular weight excluding hydrogens is 262 g/mol. The minimum absolute atomic E-state index is 0.0289. The molecule has 0 radical (unpaired) electrons. The van der Waals surface area contributed by atoms with Gasteiger partial charge in [-0.2, -0.15) is 0 Å². The molecule has 0 spiro atoms. The number of carbonyl (C=O) groups excluding carboxylic acids is 1. The van der Waals surface area contributed by atoms with E-state index in [1.165, 1.54) is 25.7 Å². The Morgan fingerprint density at radius 2 is 1.86 bits per heavy atom. The van der Waals surface area contributed by atoms with Gasteiger partial charge >= 0.3 is 0 Å². The molecular formula is C18H37NO2. The quantitative estimate of drug-likeness (QED) is 0.724. The van der Waals surface area contributed by atoms with Gasteiger partial charge in [-0.1, -0.05) is 60.3 Å². The van der Waals surface area contributed by atoms with E-state index in [0.29, 0.717) is 11.8 Å². The van der Waals surface area contributed by atoms with Crippen LogP contribution < -0.4 is 5.73 Å². The highest BCUT2D eigenvalue weighted by atomic mass is 16.3. The largest absolute Gasteiger partial charge is 0.393 e. The lowest BCUT2D eigenvalue weighted by Gasteiger charge is -2.33. The molecule has 3 N–H and O–H groups in total. The molecule has 3 heteroatoms. The van der Waals surface area contributed by atoms with Crippen LogP contribution in [0.1, 0.15) is 79.6 Å². The molecule has 4 atom stereocenters. The van der Waals surface area contributed by atoms with Crippen LogP contribution in [0.2, 0.25) is 0 Å². The molecule has 3 nitrogen and oxygen atoms in total. The zero-order valence-electron chi connectivity index (χ0n) is 14.8. The van der Waals surface area contributed by atoms with E-state index in [-0.39, 0.29) is 17.9 Å². The first-order valence-corrected chi connectivity index (χ1v) is 8.76. The molecule has 0 aliphatic heterocycles. The van der Waals surface area contributed by atoms with Gasteiger partial charge in [0.2, 0.25) is 5.91 Å². The van der Waals surface area contributed by atoms with Crippen LogP contribution in [-0.2, 0) is 4.79 Å². The van der Waals surface area contributed by atoms with E-state index in [1.54, 1.807) is 0 Å². The number of amides is 1. The molecule has 4 unspecified atom stereocenters. The van der Waals surface area contributed by atoms with E-state index in [9.17, 15) is 9.90 Å². The van der Waals surface area contributed by atoms with Gasteiger partial charge in [-0.05, 0) is 37.0 Å². The van der Waals surface area contributed by atoms with Crippen molar-refractivity contribution < 1.29 is 9.90 Å². The zero-order valence-corrected chi connectivity index (χ0v) is 14.8. The summed E-state index contributed by atoms with van der Waals surface area (Å²) >= 11 is 0. The second-order valence-corrected chi connectivity index (χ2v) is 7.19. The van der Waals surface area contributed by atoms with Crippen LogP contribution in [0.3, 0.4) is 0 Å². The smallest absolute Gasteiger partial charge is 0.220 e. The molecule has 1 rings (SSSR count).